The third kappa shape index (κ3) is 2.82. The predicted molar refractivity (Wildman–Crippen MR) is 121 cm³/mol. The number of fused-ring (bicyclic) bond motifs is 2. The zero-order valence-corrected chi connectivity index (χ0v) is 17.3. The maximum absolute atomic E-state index is 6.72. The zero-order valence-electron chi connectivity index (χ0n) is 15.8. The highest BCUT2D eigenvalue weighted by Gasteiger charge is 2.19. The van der Waals surface area contributed by atoms with Gasteiger partial charge in [-0.15, -0.1) is 11.3 Å². The first kappa shape index (κ1) is 17.9. The molecule has 0 unspecified atom stereocenters. The number of nitrogen functional groups attached to an aromatic ring is 2. The Bertz CT molecular complexity index is 1400. The van der Waals surface area contributed by atoms with E-state index in [4.69, 9.17) is 28.1 Å². The van der Waals surface area contributed by atoms with Crippen molar-refractivity contribution in [1.29, 1.82) is 0 Å². The fraction of sp³-hybridized carbons (Fsp3) is 0.0952. The van der Waals surface area contributed by atoms with E-state index in [-0.39, 0.29) is 5.95 Å². The monoisotopic (exact) mass is 420 g/mol. The van der Waals surface area contributed by atoms with Crippen molar-refractivity contribution in [3.8, 4) is 16.4 Å². The molecule has 0 aliphatic heterocycles. The van der Waals surface area contributed by atoms with Crippen LogP contribution in [0.5, 0.6) is 0 Å². The molecule has 144 valence electrons. The van der Waals surface area contributed by atoms with Crippen LogP contribution in [0.15, 0.2) is 41.8 Å². The Labute approximate surface area is 175 Å². The molecule has 0 aliphatic rings. The second kappa shape index (κ2) is 6.43. The van der Waals surface area contributed by atoms with Gasteiger partial charge < -0.3 is 11.5 Å². The number of aryl methyl sites for hydroxylation is 2. The lowest BCUT2D eigenvalue weighted by Crippen LogP contribution is -2.03. The number of imidazole rings is 1. The maximum atomic E-state index is 6.72. The van der Waals surface area contributed by atoms with Gasteiger partial charge in [0, 0.05) is 5.39 Å². The van der Waals surface area contributed by atoms with E-state index in [2.05, 4.69) is 46.6 Å². The number of hydrogen-bond donors (Lipinski definition) is 2. The smallest absolute Gasteiger partial charge is 0.222 e. The van der Waals surface area contributed by atoms with E-state index in [1.165, 1.54) is 11.1 Å². The first-order valence-corrected chi connectivity index (χ1v) is 10.2. The highest BCUT2D eigenvalue weighted by molar-refractivity contribution is 7.13. The molecule has 4 N–H and O–H groups in total. The van der Waals surface area contributed by atoms with E-state index in [1.807, 2.05) is 17.5 Å². The summed E-state index contributed by atoms with van der Waals surface area (Å²) in [5.41, 5.74) is 17.5. The number of thiophene rings is 1. The van der Waals surface area contributed by atoms with Gasteiger partial charge in [0.25, 0.3) is 0 Å². The minimum absolute atomic E-state index is 0.128. The van der Waals surface area contributed by atoms with Gasteiger partial charge in [0.05, 0.1) is 32.1 Å². The van der Waals surface area contributed by atoms with Crippen LogP contribution < -0.4 is 11.5 Å². The van der Waals surface area contributed by atoms with Crippen LogP contribution in [0.4, 0.5) is 11.8 Å². The number of nitrogens with zero attached hydrogens (tertiary/aromatic N) is 4. The van der Waals surface area contributed by atoms with Crippen molar-refractivity contribution < 1.29 is 0 Å². The maximum Gasteiger partial charge on any atom is 0.222 e. The molecule has 0 fully saturated rings. The first-order chi connectivity index (χ1) is 13.9. The number of hydrogen-bond acceptors (Lipinski definition) is 6. The molecule has 0 saturated heterocycles. The van der Waals surface area contributed by atoms with Crippen molar-refractivity contribution in [1.82, 2.24) is 19.5 Å². The summed E-state index contributed by atoms with van der Waals surface area (Å²) in [4.78, 5) is 14.4. The molecule has 0 amide bonds. The summed E-state index contributed by atoms with van der Waals surface area (Å²) in [6.45, 7) is 4.18. The number of nitrogens with two attached hydrogens (primary N) is 2. The fourth-order valence-corrected chi connectivity index (χ4v) is 4.45. The van der Waals surface area contributed by atoms with E-state index in [1.54, 1.807) is 17.4 Å². The molecule has 2 aromatic carbocycles. The molecule has 5 aromatic rings. The molecule has 5 rings (SSSR count). The van der Waals surface area contributed by atoms with Crippen molar-refractivity contribution in [3.63, 3.8) is 0 Å². The van der Waals surface area contributed by atoms with Crippen LogP contribution >= 0.6 is 22.9 Å². The minimum atomic E-state index is 0.128. The average molecular weight is 421 g/mol. The van der Waals surface area contributed by atoms with Gasteiger partial charge in [0.2, 0.25) is 5.95 Å². The van der Waals surface area contributed by atoms with E-state index in [0.717, 1.165) is 27.4 Å². The summed E-state index contributed by atoms with van der Waals surface area (Å²) in [6.07, 6.45) is 0. The minimum Gasteiger partial charge on any atom is -0.383 e. The summed E-state index contributed by atoms with van der Waals surface area (Å²) in [5.74, 6) is 1.27. The number of aromatic nitrogens is 4. The molecule has 0 saturated carbocycles. The highest BCUT2D eigenvalue weighted by Crippen LogP contribution is 2.37. The summed E-state index contributed by atoms with van der Waals surface area (Å²) < 4.78 is 2.07. The molecular formula is C21H17ClN6S. The Balaban J connectivity index is 1.90. The molecule has 3 aromatic heterocycles. The Morgan fingerprint density at radius 3 is 2.52 bits per heavy atom. The van der Waals surface area contributed by atoms with Crippen molar-refractivity contribution in [2.75, 3.05) is 11.5 Å². The number of rotatable bonds is 2. The van der Waals surface area contributed by atoms with Gasteiger partial charge in [-0.3, -0.25) is 4.57 Å². The number of benzene rings is 2. The molecule has 0 spiro atoms. The molecular weight excluding hydrogens is 404 g/mol. The van der Waals surface area contributed by atoms with Crippen molar-refractivity contribution in [2.45, 2.75) is 13.8 Å². The van der Waals surface area contributed by atoms with Crippen LogP contribution in [0, 0.1) is 13.8 Å². The van der Waals surface area contributed by atoms with Gasteiger partial charge in [0.1, 0.15) is 5.82 Å². The van der Waals surface area contributed by atoms with Crippen LogP contribution in [0.1, 0.15) is 11.1 Å². The second-order valence-corrected chi connectivity index (χ2v) is 8.32. The topological polar surface area (TPSA) is 95.6 Å². The number of anilines is 2. The molecule has 0 radical (unpaired) electrons. The van der Waals surface area contributed by atoms with Crippen molar-refractivity contribution in [3.05, 3.63) is 57.9 Å². The molecule has 29 heavy (non-hydrogen) atoms. The third-order valence-electron chi connectivity index (χ3n) is 5.06. The molecule has 8 heteroatoms. The molecule has 6 nitrogen and oxygen atoms in total. The molecule has 0 aliphatic carbocycles. The van der Waals surface area contributed by atoms with E-state index in [9.17, 15) is 0 Å². The Hall–Kier alpha value is -3.16. The summed E-state index contributed by atoms with van der Waals surface area (Å²) >= 11 is 8.35. The van der Waals surface area contributed by atoms with Crippen LogP contribution in [-0.2, 0) is 0 Å². The van der Waals surface area contributed by atoms with Crippen molar-refractivity contribution in [2.24, 2.45) is 0 Å². The first-order valence-electron chi connectivity index (χ1n) is 8.98. The quantitative estimate of drug-likeness (QED) is 0.412. The summed E-state index contributed by atoms with van der Waals surface area (Å²) in [5, 5.41) is 3.24. The van der Waals surface area contributed by atoms with Crippen LogP contribution in [0.3, 0.4) is 0 Å². The Morgan fingerprint density at radius 2 is 1.76 bits per heavy atom. The highest BCUT2D eigenvalue weighted by atomic mass is 35.5. The van der Waals surface area contributed by atoms with Crippen LogP contribution in [-0.4, -0.2) is 19.5 Å². The van der Waals surface area contributed by atoms with E-state index in [0.29, 0.717) is 21.7 Å². The SMILES string of the molecule is Cc1cc2nc(-c3cccs3)n(-c3cc4nc(N)nc(N)c4cc3Cl)c2cc1C. The van der Waals surface area contributed by atoms with Crippen LogP contribution in [0.2, 0.25) is 5.02 Å². The standard InChI is InChI=1S/C21H17ClN6S/c1-10-6-15-17(7-11(10)2)28(20(25-15)18-4-3-5-29-18)16-9-14-12(8-13(16)22)19(23)27-21(24)26-14/h3-9H,1-2H3,(H4,23,24,26,27). The molecule has 0 bridgehead atoms. The van der Waals surface area contributed by atoms with Crippen molar-refractivity contribution >= 4 is 56.6 Å². The molecule has 0 atom stereocenters. The Kier molecular flexibility index (Phi) is 3.97. The summed E-state index contributed by atoms with van der Waals surface area (Å²) in [6, 6.07) is 12.0. The number of halogens is 1. The molecule has 3 heterocycles. The largest absolute Gasteiger partial charge is 0.383 e. The van der Waals surface area contributed by atoms with E-state index >= 15 is 0 Å². The lowest BCUT2D eigenvalue weighted by molar-refractivity contribution is 1.11. The third-order valence-corrected chi connectivity index (χ3v) is 6.23. The van der Waals surface area contributed by atoms with Gasteiger partial charge in [-0.2, -0.15) is 4.98 Å². The van der Waals surface area contributed by atoms with Gasteiger partial charge in [-0.25, -0.2) is 9.97 Å². The van der Waals surface area contributed by atoms with Gasteiger partial charge in [0.15, 0.2) is 5.82 Å². The van der Waals surface area contributed by atoms with Crippen LogP contribution in [0.25, 0.3) is 38.3 Å². The normalized spacial score (nSPS) is 11.6. The van der Waals surface area contributed by atoms with Gasteiger partial charge in [-0.05, 0) is 60.7 Å². The fourth-order valence-electron chi connectivity index (χ4n) is 3.50. The lowest BCUT2D eigenvalue weighted by atomic mass is 10.1. The van der Waals surface area contributed by atoms with Gasteiger partial charge in [-0.1, -0.05) is 17.7 Å². The average Bonchev–Trinajstić information content (AvgIpc) is 3.30. The predicted octanol–water partition coefficient (Wildman–Crippen LogP) is 5.13. The second-order valence-electron chi connectivity index (χ2n) is 6.96. The Morgan fingerprint density at radius 1 is 0.966 bits per heavy atom. The zero-order chi connectivity index (χ0) is 20.3. The lowest BCUT2D eigenvalue weighted by Gasteiger charge is -2.13. The van der Waals surface area contributed by atoms with E-state index < -0.39 is 0 Å². The van der Waals surface area contributed by atoms with Gasteiger partial charge >= 0.3 is 0 Å². The summed E-state index contributed by atoms with van der Waals surface area (Å²) in [7, 11) is 0.